The molecule has 0 radical (unpaired) electrons. The van der Waals surface area contributed by atoms with Gasteiger partial charge in [0.2, 0.25) is 5.91 Å². The van der Waals surface area contributed by atoms with E-state index >= 15 is 0 Å². The highest BCUT2D eigenvalue weighted by Gasteiger charge is 2.29. The van der Waals surface area contributed by atoms with E-state index in [2.05, 4.69) is 22.5 Å². The zero-order valence-electron chi connectivity index (χ0n) is 12.8. The summed E-state index contributed by atoms with van der Waals surface area (Å²) in [5.41, 5.74) is 2.83. The number of nitrogens with one attached hydrogen (secondary N) is 2. The molecule has 1 aliphatic rings. The Balaban J connectivity index is 1.49. The van der Waals surface area contributed by atoms with Crippen LogP contribution in [-0.4, -0.2) is 28.4 Å². The first kappa shape index (κ1) is 14.4. The zero-order chi connectivity index (χ0) is 15.8. The van der Waals surface area contributed by atoms with Crippen LogP contribution in [0.25, 0.3) is 16.2 Å². The van der Waals surface area contributed by atoms with Crippen molar-refractivity contribution in [3.63, 3.8) is 0 Å². The van der Waals surface area contributed by atoms with Gasteiger partial charge in [-0.05, 0) is 24.6 Å². The van der Waals surface area contributed by atoms with Crippen LogP contribution in [0.5, 0.6) is 0 Å². The van der Waals surface area contributed by atoms with E-state index in [-0.39, 0.29) is 11.8 Å². The zero-order valence-corrected chi connectivity index (χ0v) is 13.6. The van der Waals surface area contributed by atoms with E-state index in [9.17, 15) is 4.79 Å². The molecule has 0 saturated carbocycles. The van der Waals surface area contributed by atoms with E-state index in [1.807, 2.05) is 46.4 Å². The summed E-state index contributed by atoms with van der Waals surface area (Å²) in [5, 5.41) is 8.29. The van der Waals surface area contributed by atoms with Crippen molar-refractivity contribution in [2.45, 2.75) is 6.92 Å². The summed E-state index contributed by atoms with van der Waals surface area (Å²) in [4.78, 5) is 17.9. The number of carbonyl (C=O) groups is 1. The number of carbonyl (C=O) groups excluding carboxylic acids is 1. The molecular formula is C17H18N4OS. The van der Waals surface area contributed by atoms with Crippen LogP contribution in [0.2, 0.25) is 0 Å². The molecule has 4 rings (SSSR count). The number of nitrogens with zero attached hydrogens (tertiary/aromatic N) is 2. The molecule has 5 nitrogen and oxygen atoms in total. The van der Waals surface area contributed by atoms with E-state index in [1.165, 1.54) is 0 Å². The van der Waals surface area contributed by atoms with Gasteiger partial charge in [-0.1, -0.05) is 19.1 Å². The number of amides is 1. The van der Waals surface area contributed by atoms with Gasteiger partial charge < -0.3 is 10.6 Å². The van der Waals surface area contributed by atoms with E-state index in [0.29, 0.717) is 5.92 Å². The van der Waals surface area contributed by atoms with Crippen molar-refractivity contribution in [1.82, 2.24) is 14.7 Å². The Morgan fingerprint density at radius 1 is 1.35 bits per heavy atom. The maximum atomic E-state index is 12.3. The van der Waals surface area contributed by atoms with Crippen LogP contribution in [0, 0.1) is 11.8 Å². The molecule has 1 fully saturated rings. The summed E-state index contributed by atoms with van der Waals surface area (Å²) >= 11 is 1.62. The van der Waals surface area contributed by atoms with Crippen molar-refractivity contribution in [1.29, 1.82) is 0 Å². The number of anilines is 1. The molecule has 118 valence electrons. The lowest BCUT2D eigenvalue weighted by atomic mass is 9.97. The number of hydrogen-bond acceptors (Lipinski definition) is 4. The summed E-state index contributed by atoms with van der Waals surface area (Å²) in [6.45, 7) is 3.78. The van der Waals surface area contributed by atoms with Crippen LogP contribution in [-0.2, 0) is 4.79 Å². The summed E-state index contributed by atoms with van der Waals surface area (Å²) in [7, 11) is 0. The summed E-state index contributed by atoms with van der Waals surface area (Å²) in [6.07, 6.45) is 4.02. The first-order valence-electron chi connectivity index (χ1n) is 7.75. The Labute approximate surface area is 138 Å². The van der Waals surface area contributed by atoms with Crippen molar-refractivity contribution in [3.8, 4) is 11.3 Å². The average Bonchev–Trinajstić information content (AvgIpc) is 3.23. The fourth-order valence-electron chi connectivity index (χ4n) is 2.99. The van der Waals surface area contributed by atoms with E-state index < -0.39 is 0 Å². The minimum absolute atomic E-state index is 0.0506. The van der Waals surface area contributed by atoms with E-state index in [1.54, 1.807) is 11.3 Å². The van der Waals surface area contributed by atoms with E-state index in [0.717, 1.165) is 35.0 Å². The summed E-state index contributed by atoms with van der Waals surface area (Å²) in [5.74, 6) is 0.528. The lowest BCUT2D eigenvalue weighted by Crippen LogP contribution is -2.27. The van der Waals surface area contributed by atoms with Crippen LogP contribution in [0.15, 0.2) is 42.0 Å². The molecule has 1 aromatic carbocycles. The lowest BCUT2D eigenvalue weighted by Gasteiger charge is -2.14. The van der Waals surface area contributed by atoms with Crippen molar-refractivity contribution in [2.75, 3.05) is 18.4 Å². The summed E-state index contributed by atoms with van der Waals surface area (Å²) < 4.78 is 2.02. The molecule has 2 aromatic heterocycles. The van der Waals surface area contributed by atoms with Gasteiger partial charge in [0, 0.05) is 35.6 Å². The van der Waals surface area contributed by atoms with Gasteiger partial charge in [0.15, 0.2) is 4.96 Å². The standard InChI is InChI=1S/C17H18N4OS/c1-11-8-18-9-14(11)16(22)19-13-4-2-12(3-5-13)15-10-21-6-7-23-17(21)20-15/h2-7,10-11,14,18H,8-9H2,1H3,(H,19,22)/t11-,14-/m1/s1. The van der Waals surface area contributed by atoms with Crippen LogP contribution in [0.1, 0.15) is 6.92 Å². The van der Waals surface area contributed by atoms with Gasteiger partial charge in [0.05, 0.1) is 11.6 Å². The highest BCUT2D eigenvalue weighted by molar-refractivity contribution is 7.15. The third-order valence-corrected chi connectivity index (χ3v) is 5.17. The van der Waals surface area contributed by atoms with Crippen molar-refractivity contribution >= 4 is 27.9 Å². The number of thiazole rings is 1. The van der Waals surface area contributed by atoms with E-state index in [4.69, 9.17) is 0 Å². The number of imidazole rings is 1. The molecule has 0 unspecified atom stereocenters. The quantitative estimate of drug-likeness (QED) is 0.778. The number of benzene rings is 1. The molecule has 0 bridgehead atoms. The number of hydrogen-bond donors (Lipinski definition) is 2. The van der Waals surface area contributed by atoms with Gasteiger partial charge in [-0.25, -0.2) is 4.98 Å². The van der Waals surface area contributed by atoms with Gasteiger partial charge in [0.25, 0.3) is 0 Å². The van der Waals surface area contributed by atoms with Crippen LogP contribution < -0.4 is 10.6 Å². The van der Waals surface area contributed by atoms with Gasteiger partial charge in [-0.15, -0.1) is 11.3 Å². The lowest BCUT2D eigenvalue weighted by molar-refractivity contribution is -0.120. The van der Waals surface area contributed by atoms with Crippen molar-refractivity contribution in [2.24, 2.45) is 11.8 Å². The van der Waals surface area contributed by atoms with Crippen LogP contribution in [0.4, 0.5) is 5.69 Å². The second-order valence-corrected chi connectivity index (χ2v) is 6.90. The molecule has 2 N–H and O–H groups in total. The third-order valence-electron chi connectivity index (χ3n) is 4.40. The minimum Gasteiger partial charge on any atom is -0.326 e. The van der Waals surface area contributed by atoms with Gasteiger partial charge in [-0.3, -0.25) is 9.20 Å². The fraction of sp³-hybridized carbons (Fsp3) is 0.294. The fourth-order valence-corrected chi connectivity index (χ4v) is 3.69. The largest absolute Gasteiger partial charge is 0.326 e. The predicted octanol–water partition coefficient (Wildman–Crippen LogP) is 2.86. The van der Waals surface area contributed by atoms with Crippen molar-refractivity contribution in [3.05, 3.63) is 42.0 Å². The molecular weight excluding hydrogens is 308 g/mol. The predicted molar refractivity (Wildman–Crippen MR) is 92.7 cm³/mol. The molecule has 1 aliphatic heterocycles. The Morgan fingerprint density at radius 3 is 2.87 bits per heavy atom. The smallest absolute Gasteiger partial charge is 0.229 e. The molecule has 3 heterocycles. The molecule has 6 heteroatoms. The average molecular weight is 326 g/mol. The maximum Gasteiger partial charge on any atom is 0.229 e. The molecule has 0 aliphatic carbocycles. The second kappa shape index (κ2) is 5.79. The Morgan fingerprint density at radius 2 is 2.17 bits per heavy atom. The molecule has 1 saturated heterocycles. The summed E-state index contributed by atoms with van der Waals surface area (Å²) in [6, 6.07) is 7.87. The highest BCUT2D eigenvalue weighted by atomic mass is 32.1. The molecule has 0 spiro atoms. The molecule has 1 amide bonds. The topological polar surface area (TPSA) is 58.4 Å². The maximum absolute atomic E-state index is 12.3. The van der Waals surface area contributed by atoms with Gasteiger partial charge in [-0.2, -0.15) is 0 Å². The normalized spacial score (nSPS) is 20.9. The van der Waals surface area contributed by atoms with Gasteiger partial charge >= 0.3 is 0 Å². The SMILES string of the molecule is C[C@@H]1CNC[C@H]1C(=O)Nc1ccc(-c2cn3ccsc3n2)cc1. The molecule has 23 heavy (non-hydrogen) atoms. The number of rotatable bonds is 3. The number of fused-ring (bicyclic) bond motifs is 1. The second-order valence-electron chi connectivity index (χ2n) is 6.03. The Hall–Kier alpha value is -2.18. The highest BCUT2D eigenvalue weighted by Crippen LogP contribution is 2.24. The third kappa shape index (κ3) is 2.75. The van der Waals surface area contributed by atoms with Crippen LogP contribution in [0.3, 0.4) is 0 Å². The Bertz CT molecular complexity index is 807. The first-order chi connectivity index (χ1) is 11.2. The number of aromatic nitrogens is 2. The van der Waals surface area contributed by atoms with Crippen LogP contribution >= 0.6 is 11.3 Å². The first-order valence-corrected chi connectivity index (χ1v) is 8.63. The molecule has 3 aromatic rings. The van der Waals surface area contributed by atoms with Gasteiger partial charge in [0.1, 0.15) is 0 Å². The minimum atomic E-state index is 0.0506. The monoisotopic (exact) mass is 326 g/mol. The molecule has 2 atom stereocenters. The Kier molecular flexibility index (Phi) is 3.63. The van der Waals surface area contributed by atoms with Crippen molar-refractivity contribution < 1.29 is 4.79 Å².